The average Bonchev–Trinajstić information content (AvgIpc) is 2.49. The van der Waals surface area contributed by atoms with Crippen LogP contribution in [0, 0.1) is 10.1 Å². The fourth-order valence-corrected chi connectivity index (χ4v) is 2.66. The van der Waals surface area contributed by atoms with E-state index in [0.29, 0.717) is 6.42 Å². The summed E-state index contributed by atoms with van der Waals surface area (Å²) in [5, 5.41) is 9.11. The molecular formula is C13H22N2O7S. The minimum atomic E-state index is -2.18. The van der Waals surface area contributed by atoms with Gasteiger partial charge < -0.3 is 15.3 Å². The van der Waals surface area contributed by atoms with E-state index in [-0.39, 0.29) is 30.3 Å². The molecule has 2 atom stereocenters. The first-order chi connectivity index (χ1) is 10.7. The first-order valence-corrected chi connectivity index (χ1v) is 8.18. The Morgan fingerprint density at radius 1 is 1.30 bits per heavy atom. The molecule has 0 saturated heterocycles. The highest BCUT2D eigenvalue weighted by atomic mass is 32.2. The van der Waals surface area contributed by atoms with Gasteiger partial charge in [-0.2, -0.15) is 0 Å². The molecule has 132 valence electrons. The molecular weight excluding hydrogens is 328 g/mol. The van der Waals surface area contributed by atoms with Crippen LogP contribution in [-0.2, 0) is 24.0 Å². The van der Waals surface area contributed by atoms with E-state index in [4.69, 9.17) is 10.5 Å². The summed E-state index contributed by atoms with van der Waals surface area (Å²) in [7, 11) is 0. The summed E-state index contributed by atoms with van der Waals surface area (Å²) in [6.45, 7) is 4.80. The molecule has 2 N–H and O–H groups in total. The molecule has 0 fully saturated rings. The molecule has 0 aliphatic rings. The van der Waals surface area contributed by atoms with Crippen molar-refractivity contribution in [2.45, 2.75) is 51.7 Å². The topological polar surface area (TPSA) is 139 Å². The molecule has 0 rings (SSSR count). The van der Waals surface area contributed by atoms with Crippen molar-refractivity contribution in [1.82, 2.24) is 0 Å². The minimum Gasteiger partial charge on any atom is -0.464 e. The Hall–Kier alpha value is -1.68. The molecule has 0 saturated carbocycles. The van der Waals surface area contributed by atoms with Crippen LogP contribution in [0.25, 0.3) is 0 Å². The Kier molecular flexibility index (Phi) is 9.42. The van der Waals surface area contributed by atoms with Crippen LogP contribution in [0.3, 0.4) is 0 Å². The molecule has 0 aromatic rings. The van der Waals surface area contributed by atoms with Crippen molar-refractivity contribution >= 4 is 28.6 Å². The Morgan fingerprint density at radius 3 is 2.35 bits per heavy atom. The van der Waals surface area contributed by atoms with E-state index in [9.17, 15) is 24.5 Å². The minimum absolute atomic E-state index is 0.0223. The van der Waals surface area contributed by atoms with Gasteiger partial charge in [0, 0.05) is 12.2 Å². The third-order valence-electron chi connectivity index (χ3n) is 2.87. The zero-order valence-corrected chi connectivity index (χ0v) is 14.2. The van der Waals surface area contributed by atoms with E-state index in [2.05, 4.69) is 4.84 Å². The first kappa shape index (κ1) is 21.3. The van der Waals surface area contributed by atoms with Crippen molar-refractivity contribution < 1.29 is 29.0 Å². The van der Waals surface area contributed by atoms with Crippen LogP contribution in [0.1, 0.15) is 40.0 Å². The van der Waals surface area contributed by atoms with Crippen molar-refractivity contribution in [2.75, 3.05) is 12.4 Å². The third kappa shape index (κ3) is 6.53. The summed E-state index contributed by atoms with van der Waals surface area (Å²) in [5.74, 6) is -2.37. The average molecular weight is 350 g/mol. The Morgan fingerprint density at radius 2 is 1.91 bits per heavy atom. The molecule has 0 aliphatic heterocycles. The molecule has 0 aromatic heterocycles. The molecule has 10 heteroatoms. The van der Waals surface area contributed by atoms with Crippen molar-refractivity contribution in [3.8, 4) is 0 Å². The number of esters is 1. The second kappa shape index (κ2) is 10.2. The van der Waals surface area contributed by atoms with Gasteiger partial charge in [0.25, 0.3) is 5.09 Å². The van der Waals surface area contributed by atoms with Crippen molar-refractivity contribution in [3.63, 3.8) is 0 Å². The number of nitrogens with two attached hydrogens (primary N) is 1. The number of rotatable bonds is 11. The van der Waals surface area contributed by atoms with E-state index >= 15 is 0 Å². The highest BCUT2D eigenvalue weighted by Crippen LogP contribution is 2.20. The Bertz CT molecular complexity index is 458. The maximum absolute atomic E-state index is 12.4. The number of carbonyl (C=O) groups excluding carboxylic acids is 3. The zero-order chi connectivity index (χ0) is 18.0. The highest BCUT2D eigenvalue weighted by molar-refractivity contribution is 8.13. The van der Waals surface area contributed by atoms with E-state index in [1.54, 1.807) is 0 Å². The van der Waals surface area contributed by atoms with Gasteiger partial charge in [-0.1, -0.05) is 25.6 Å². The van der Waals surface area contributed by atoms with Crippen LogP contribution >= 0.6 is 11.8 Å². The molecule has 2 unspecified atom stereocenters. The second-order valence-electron chi connectivity index (χ2n) is 4.69. The van der Waals surface area contributed by atoms with Gasteiger partial charge in [0.15, 0.2) is 22.5 Å². The van der Waals surface area contributed by atoms with Gasteiger partial charge in [-0.3, -0.25) is 9.59 Å². The molecule has 0 aliphatic carbocycles. The van der Waals surface area contributed by atoms with E-state index in [1.807, 2.05) is 6.92 Å². The van der Waals surface area contributed by atoms with Gasteiger partial charge in [0.2, 0.25) is 0 Å². The van der Waals surface area contributed by atoms with E-state index in [1.165, 1.54) is 13.8 Å². The number of carbonyl (C=O) groups is 3. The van der Waals surface area contributed by atoms with Crippen LogP contribution < -0.4 is 5.73 Å². The molecule has 9 nitrogen and oxygen atoms in total. The third-order valence-corrected chi connectivity index (χ3v) is 4.00. The second-order valence-corrected chi connectivity index (χ2v) is 5.73. The molecule has 0 amide bonds. The lowest BCUT2D eigenvalue weighted by Gasteiger charge is -2.27. The molecule has 23 heavy (non-hydrogen) atoms. The lowest BCUT2D eigenvalue weighted by molar-refractivity contribution is -0.764. The number of hydrogen-bond acceptors (Lipinski definition) is 9. The molecule has 0 radical (unpaired) electrons. The van der Waals surface area contributed by atoms with Crippen molar-refractivity contribution in [1.29, 1.82) is 0 Å². The molecule has 0 spiro atoms. The maximum Gasteiger partial charge on any atom is 0.334 e. The Labute approximate surface area is 138 Å². The number of hydrogen-bond donors (Lipinski definition) is 1. The summed E-state index contributed by atoms with van der Waals surface area (Å²) in [6.07, 6.45) is -0.675. The van der Waals surface area contributed by atoms with Gasteiger partial charge in [-0.05, 0) is 19.8 Å². The SMILES string of the molecule is CCCC(=O)SCC(N)(C(=O)OCC)C(=O)C(CC)O[N+](=O)[O-]. The molecule has 0 heterocycles. The fourth-order valence-electron chi connectivity index (χ4n) is 1.66. The standard InChI is InChI=1S/C13H22N2O7S/c1-4-7-10(16)23-8-13(14,12(18)21-6-3)11(17)9(5-2)22-15(19)20/h9H,4-8,14H2,1-3H3. The van der Waals surface area contributed by atoms with Crippen molar-refractivity contribution in [2.24, 2.45) is 5.73 Å². The normalized spacial score (nSPS) is 14.4. The summed E-state index contributed by atoms with van der Waals surface area (Å²) in [6, 6.07) is 0. The number of ether oxygens (including phenoxy) is 1. The smallest absolute Gasteiger partial charge is 0.334 e. The first-order valence-electron chi connectivity index (χ1n) is 7.20. The van der Waals surface area contributed by atoms with Crippen LogP contribution in [0.15, 0.2) is 0 Å². The Balaban J connectivity index is 5.31. The number of ketones is 1. The lowest BCUT2D eigenvalue weighted by atomic mass is 9.92. The number of nitrogens with zero attached hydrogens (tertiary/aromatic N) is 1. The van der Waals surface area contributed by atoms with Crippen LogP contribution in [0.5, 0.6) is 0 Å². The zero-order valence-electron chi connectivity index (χ0n) is 13.4. The van der Waals surface area contributed by atoms with Crippen LogP contribution in [0.2, 0.25) is 0 Å². The van der Waals surface area contributed by atoms with Gasteiger partial charge >= 0.3 is 5.97 Å². The van der Waals surface area contributed by atoms with E-state index < -0.39 is 28.5 Å². The maximum atomic E-state index is 12.4. The van der Waals surface area contributed by atoms with Gasteiger partial charge in [-0.15, -0.1) is 10.1 Å². The predicted octanol–water partition coefficient (Wildman–Crippen LogP) is 0.863. The van der Waals surface area contributed by atoms with Crippen LogP contribution in [-0.4, -0.2) is 46.0 Å². The van der Waals surface area contributed by atoms with Gasteiger partial charge in [-0.25, -0.2) is 4.79 Å². The number of thioether (sulfide) groups is 1. The largest absolute Gasteiger partial charge is 0.464 e. The quantitative estimate of drug-likeness (QED) is 0.249. The molecule has 0 aromatic carbocycles. The predicted molar refractivity (Wildman–Crippen MR) is 83.1 cm³/mol. The molecule has 0 bridgehead atoms. The van der Waals surface area contributed by atoms with E-state index in [0.717, 1.165) is 11.8 Å². The van der Waals surface area contributed by atoms with Crippen LogP contribution in [0.4, 0.5) is 0 Å². The number of Topliss-reactive ketones (excluding diaryl/α,β-unsaturated/α-hetero) is 1. The van der Waals surface area contributed by atoms with Gasteiger partial charge in [0.05, 0.1) is 6.61 Å². The van der Waals surface area contributed by atoms with Gasteiger partial charge in [0.1, 0.15) is 0 Å². The summed E-state index contributed by atoms with van der Waals surface area (Å²) in [5.41, 5.74) is 3.69. The summed E-state index contributed by atoms with van der Waals surface area (Å²) >= 11 is 0.726. The fraction of sp³-hybridized carbons (Fsp3) is 0.769. The summed E-state index contributed by atoms with van der Waals surface area (Å²) in [4.78, 5) is 50.9. The van der Waals surface area contributed by atoms with Crippen molar-refractivity contribution in [3.05, 3.63) is 10.1 Å². The summed E-state index contributed by atoms with van der Waals surface area (Å²) < 4.78 is 4.79. The highest BCUT2D eigenvalue weighted by Gasteiger charge is 2.47. The monoisotopic (exact) mass is 350 g/mol. The lowest BCUT2D eigenvalue weighted by Crippen LogP contribution is -2.61.